The van der Waals surface area contributed by atoms with Gasteiger partial charge >= 0.3 is 0 Å². The van der Waals surface area contributed by atoms with Crippen LogP contribution < -0.4 is 9.64 Å². The lowest BCUT2D eigenvalue weighted by atomic mass is 9.95. The summed E-state index contributed by atoms with van der Waals surface area (Å²) in [5.41, 5.74) is 4.07. The van der Waals surface area contributed by atoms with Gasteiger partial charge in [-0.3, -0.25) is 4.79 Å². The van der Waals surface area contributed by atoms with Crippen molar-refractivity contribution >= 4 is 28.4 Å². The number of nitrogens with zero attached hydrogens (tertiary/aromatic N) is 1. The van der Waals surface area contributed by atoms with Crippen LogP contribution in [0.5, 0.6) is 5.75 Å². The van der Waals surface area contributed by atoms with Gasteiger partial charge in [-0.2, -0.15) is 0 Å². The Morgan fingerprint density at radius 1 is 1.07 bits per heavy atom. The zero-order chi connectivity index (χ0) is 19.5. The number of ketones is 1. The first-order valence-electron chi connectivity index (χ1n) is 9.48. The van der Waals surface area contributed by atoms with E-state index in [0.717, 1.165) is 29.1 Å². The molecule has 4 rings (SSSR count). The lowest BCUT2D eigenvalue weighted by Gasteiger charge is -2.18. The molecule has 0 unspecified atom stereocenters. The summed E-state index contributed by atoms with van der Waals surface area (Å²) in [7, 11) is 1.62. The van der Waals surface area contributed by atoms with Crippen LogP contribution in [0.4, 0.5) is 5.69 Å². The second kappa shape index (κ2) is 8.03. The minimum absolute atomic E-state index is 0.0744. The van der Waals surface area contributed by atoms with E-state index in [1.54, 1.807) is 18.4 Å². The smallest absolute Gasteiger partial charge is 0.193 e. The molecule has 0 bridgehead atoms. The van der Waals surface area contributed by atoms with Gasteiger partial charge in [0.25, 0.3) is 0 Å². The highest BCUT2D eigenvalue weighted by molar-refractivity contribution is 7.13. The first-order valence-corrected chi connectivity index (χ1v) is 10.4. The van der Waals surface area contributed by atoms with Gasteiger partial charge < -0.3 is 9.64 Å². The first-order chi connectivity index (χ1) is 13.7. The highest BCUT2D eigenvalue weighted by atomic mass is 32.1. The van der Waals surface area contributed by atoms with Crippen molar-refractivity contribution in [3.8, 4) is 16.2 Å². The van der Waals surface area contributed by atoms with Crippen LogP contribution >= 0.6 is 11.3 Å². The summed E-state index contributed by atoms with van der Waals surface area (Å²) < 4.78 is 5.50. The van der Waals surface area contributed by atoms with E-state index in [2.05, 4.69) is 17.5 Å². The number of allylic oxidation sites excluding steroid dienone is 1. The van der Waals surface area contributed by atoms with E-state index in [0.29, 0.717) is 16.9 Å². The Hall–Kier alpha value is -2.85. The number of Topliss-reactive ketones (excluding diaryl/α,β-unsaturated/α-hetero) is 1. The van der Waals surface area contributed by atoms with Crippen LogP contribution in [0.25, 0.3) is 16.0 Å². The van der Waals surface area contributed by atoms with E-state index in [1.165, 1.54) is 18.5 Å². The average molecular weight is 390 g/mol. The number of benzene rings is 2. The van der Waals surface area contributed by atoms with Crippen LogP contribution in [-0.4, -0.2) is 26.0 Å². The highest BCUT2D eigenvalue weighted by Crippen LogP contribution is 2.34. The predicted molar refractivity (Wildman–Crippen MR) is 118 cm³/mol. The molecular formula is C24H23NO2S. The molecule has 0 atom stereocenters. The van der Waals surface area contributed by atoms with E-state index >= 15 is 0 Å². The number of hydrogen-bond acceptors (Lipinski definition) is 4. The molecule has 0 spiro atoms. The molecule has 1 aromatic heterocycles. The van der Waals surface area contributed by atoms with Crippen LogP contribution in [0.15, 0.2) is 66.6 Å². The number of hydrogen-bond donors (Lipinski definition) is 0. The molecule has 1 saturated heterocycles. The van der Waals surface area contributed by atoms with Gasteiger partial charge in [0, 0.05) is 40.4 Å². The summed E-state index contributed by atoms with van der Waals surface area (Å²) in [4.78, 5) is 16.6. The number of carbonyl (C=O) groups is 1. The topological polar surface area (TPSA) is 29.5 Å². The minimum Gasteiger partial charge on any atom is -0.496 e. The van der Waals surface area contributed by atoms with Crippen molar-refractivity contribution in [2.75, 3.05) is 25.1 Å². The highest BCUT2D eigenvalue weighted by Gasteiger charge is 2.18. The van der Waals surface area contributed by atoms with E-state index < -0.39 is 0 Å². The molecule has 0 radical (unpaired) electrons. The SMILES string of the molecule is C=C(C(=O)c1ccc(N2CCCC2)cc1)c1cc(-c2cccs2)ccc1OC. The molecule has 1 aliphatic heterocycles. The van der Waals surface area contributed by atoms with Crippen LogP contribution in [-0.2, 0) is 0 Å². The van der Waals surface area contributed by atoms with Crippen molar-refractivity contribution < 1.29 is 9.53 Å². The van der Waals surface area contributed by atoms with E-state index in [9.17, 15) is 4.79 Å². The maximum absolute atomic E-state index is 13.1. The lowest BCUT2D eigenvalue weighted by molar-refractivity contribution is 0.105. The van der Waals surface area contributed by atoms with Crippen molar-refractivity contribution in [1.82, 2.24) is 0 Å². The number of carbonyl (C=O) groups excluding carboxylic acids is 1. The monoisotopic (exact) mass is 389 g/mol. The molecule has 0 aliphatic carbocycles. The van der Waals surface area contributed by atoms with Crippen molar-refractivity contribution in [3.05, 3.63) is 77.7 Å². The predicted octanol–water partition coefficient (Wildman–Crippen LogP) is 5.92. The maximum Gasteiger partial charge on any atom is 0.193 e. The molecular weight excluding hydrogens is 366 g/mol. The second-order valence-electron chi connectivity index (χ2n) is 6.94. The Labute approximate surface area is 169 Å². The van der Waals surface area contributed by atoms with Gasteiger partial charge in [0.1, 0.15) is 5.75 Å². The third-order valence-corrected chi connectivity index (χ3v) is 6.12. The molecule has 1 fully saturated rings. The summed E-state index contributed by atoms with van der Waals surface area (Å²) in [6.45, 7) is 6.28. The summed E-state index contributed by atoms with van der Waals surface area (Å²) in [5, 5.41) is 2.04. The summed E-state index contributed by atoms with van der Waals surface area (Å²) in [6, 6.07) is 17.9. The van der Waals surface area contributed by atoms with Gasteiger partial charge in [-0.15, -0.1) is 11.3 Å². The second-order valence-corrected chi connectivity index (χ2v) is 7.89. The van der Waals surface area contributed by atoms with Gasteiger partial charge in [0.15, 0.2) is 5.78 Å². The molecule has 2 aromatic carbocycles. The van der Waals surface area contributed by atoms with Crippen molar-refractivity contribution in [3.63, 3.8) is 0 Å². The van der Waals surface area contributed by atoms with E-state index in [4.69, 9.17) is 4.74 Å². The zero-order valence-electron chi connectivity index (χ0n) is 16.0. The number of rotatable bonds is 6. The summed E-state index contributed by atoms with van der Waals surface area (Å²) in [5.74, 6) is 0.585. The van der Waals surface area contributed by atoms with Crippen LogP contribution in [0.1, 0.15) is 28.8 Å². The Morgan fingerprint density at radius 3 is 2.46 bits per heavy atom. The molecule has 28 heavy (non-hydrogen) atoms. The summed E-state index contributed by atoms with van der Waals surface area (Å²) in [6.07, 6.45) is 2.47. The van der Waals surface area contributed by atoms with Gasteiger partial charge in [-0.1, -0.05) is 12.6 Å². The van der Waals surface area contributed by atoms with Gasteiger partial charge in [0.05, 0.1) is 7.11 Å². The molecule has 2 heterocycles. The van der Waals surface area contributed by atoms with Crippen molar-refractivity contribution in [1.29, 1.82) is 0 Å². The molecule has 0 saturated carbocycles. The quantitative estimate of drug-likeness (QED) is 0.387. The molecule has 3 nitrogen and oxygen atoms in total. The fraction of sp³-hybridized carbons (Fsp3) is 0.208. The largest absolute Gasteiger partial charge is 0.496 e. The molecule has 0 N–H and O–H groups in total. The van der Waals surface area contributed by atoms with Gasteiger partial charge in [-0.05, 0) is 72.3 Å². The molecule has 1 aliphatic rings. The van der Waals surface area contributed by atoms with Gasteiger partial charge in [0.2, 0.25) is 0 Å². The Morgan fingerprint density at radius 2 is 1.82 bits per heavy atom. The van der Waals surface area contributed by atoms with E-state index in [-0.39, 0.29) is 5.78 Å². The Balaban J connectivity index is 1.61. The maximum atomic E-state index is 13.1. The molecule has 0 amide bonds. The fourth-order valence-corrected chi connectivity index (χ4v) is 4.36. The van der Waals surface area contributed by atoms with Gasteiger partial charge in [-0.25, -0.2) is 0 Å². The van der Waals surface area contributed by atoms with E-state index in [1.807, 2.05) is 53.9 Å². The van der Waals surface area contributed by atoms with Crippen molar-refractivity contribution in [2.24, 2.45) is 0 Å². The number of methoxy groups -OCH3 is 1. The first kappa shape index (κ1) is 18.5. The third kappa shape index (κ3) is 3.60. The van der Waals surface area contributed by atoms with Crippen LogP contribution in [0.2, 0.25) is 0 Å². The minimum atomic E-state index is -0.0744. The normalized spacial score (nSPS) is 13.5. The average Bonchev–Trinajstić information content (AvgIpc) is 3.46. The van der Waals surface area contributed by atoms with Crippen LogP contribution in [0, 0.1) is 0 Å². The number of ether oxygens (including phenoxy) is 1. The molecule has 142 valence electrons. The van der Waals surface area contributed by atoms with Crippen LogP contribution in [0.3, 0.4) is 0 Å². The lowest BCUT2D eigenvalue weighted by Crippen LogP contribution is -2.17. The third-order valence-electron chi connectivity index (χ3n) is 5.21. The number of thiophene rings is 1. The Kier molecular flexibility index (Phi) is 5.31. The number of anilines is 1. The molecule has 3 aromatic rings. The molecule has 4 heteroatoms. The van der Waals surface area contributed by atoms with Crippen molar-refractivity contribution in [2.45, 2.75) is 12.8 Å². The Bertz CT molecular complexity index is 984. The summed E-state index contributed by atoms with van der Waals surface area (Å²) >= 11 is 1.67. The zero-order valence-corrected chi connectivity index (χ0v) is 16.8. The standard InChI is InChI=1S/C24H23NO2S/c1-17(21-16-19(9-12-22(21)27-2)23-6-5-15-28-23)24(26)18-7-10-20(11-8-18)25-13-3-4-14-25/h5-12,15-16H,1,3-4,13-14H2,2H3. The fourth-order valence-electron chi connectivity index (χ4n) is 3.64.